The maximum Gasteiger partial charge on any atom is 0.227 e. The second-order valence-electron chi connectivity index (χ2n) is 3.92. The molecule has 80 valence electrons. The van der Waals surface area contributed by atoms with E-state index in [9.17, 15) is 4.79 Å². The van der Waals surface area contributed by atoms with Crippen molar-refractivity contribution >= 4 is 23.2 Å². The Morgan fingerprint density at radius 1 is 1.33 bits per heavy atom. The normalized spacial score (nSPS) is 24.4. The van der Waals surface area contributed by atoms with Gasteiger partial charge in [0.25, 0.3) is 0 Å². The summed E-state index contributed by atoms with van der Waals surface area (Å²) >= 11 is 5.74. The zero-order chi connectivity index (χ0) is 10.8. The number of rotatable bonds is 2. The van der Waals surface area contributed by atoms with Crippen molar-refractivity contribution in [1.29, 1.82) is 0 Å². The van der Waals surface area contributed by atoms with Crippen molar-refractivity contribution in [2.75, 3.05) is 5.32 Å². The van der Waals surface area contributed by atoms with E-state index in [1.165, 1.54) is 0 Å². The fourth-order valence-corrected chi connectivity index (χ4v) is 1.78. The van der Waals surface area contributed by atoms with Crippen molar-refractivity contribution < 1.29 is 4.79 Å². The van der Waals surface area contributed by atoms with E-state index in [1.54, 1.807) is 24.3 Å². The molecule has 0 spiro atoms. The molecule has 4 heteroatoms. The van der Waals surface area contributed by atoms with Crippen LogP contribution in [0, 0.1) is 5.92 Å². The Hall–Kier alpha value is -1.06. The number of carbonyl (C=O) groups excluding carboxylic acids is 1. The Labute approximate surface area is 93.6 Å². The molecule has 0 bridgehead atoms. The average molecular weight is 225 g/mol. The second kappa shape index (κ2) is 4.21. The van der Waals surface area contributed by atoms with Gasteiger partial charge in [-0.15, -0.1) is 0 Å². The zero-order valence-corrected chi connectivity index (χ0v) is 9.00. The minimum absolute atomic E-state index is 0.0547. The minimum atomic E-state index is 0.0547. The van der Waals surface area contributed by atoms with Crippen LogP contribution in [0.4, 0.5) is 5.69 Å². The molecule has 1 aliphatic carbocycles. The van der Waals surface area contributed by atoms with Crippen LogP contribution in [-0.4, -0.2) is 11.9 Å². The van der Waals surface area contributed by atoms with Gasteiger partial charge in [0.05, 0.1) is 0 Å². The van der Waals surface area contributed by atoms with Crippen LogP contribution in [0.3, 0.4) is 0 Å². The molecular weight excluding hydrogens is 212 g/mol. The number of hydrogen-bond donors (Lipinski definition) is 2. The van der Waals surface area contributed by atoms with Gasteiger partial charge in [0.2, 0.25) is 5.91 Å². The van der Waals surface area contributed by atoms with Gasteiger partial charge < -0.3 is 11.1 Å². The number of benzene rings is 1. The number of nitrogens with one attached hydrogen (secondary N) is 1. The fraction of sp³-hybridized carbons (Fsp3) is 0.364. The van der Waals surface area contributed by atoms with E-state index in [4.69, 9.17) is 17.3 Å². The molecule has 3 N–H and O–H groups in total. The van der Waals surface area contributed by atoms with Gasteiger partial charge >= 0.3 is 0 Å². The van der Waals surface area contributed by atoms with Crippen LogP contribution in [0.1, 0.15) is 12.8 Å². The van der Waals surface area contributed by atoms with Gasteiger partial charge in [-0.1, -0.05) is 11.6 Å². The van der Waals surface area contributed by atoms with Crippen LogP contribution in [0.25, 0.3) is 0 Å². The fourth-order valence-electron chi connectivity index (χ4n) is 1.65. The highest BCUT2D eigenvalue weighted by Gasteiger charge is 2.31. The quantitative estimate of drug-likeness (QED) is 0.808. The molecule has 1 amide bonds. The first kappa shape index (κ1) is 10.5. The van der Waals surface area contributed by atoms with E-state index in [-0.39, 0.29) is 17.9 Å². The second-order valence-corrected chi connectivity index (χ2v) is 4.36. The van der Waals surface area contributed by atoms with Gasteiger partial charge in [-0.2, -0.15) is 0 Å². The maximum absolute atomic E-state index is 11.6. The smallest absolute Gasteiger partial charge is 0.227 e. The number of carbonyl (C=O) groups is 1. The summed E-state index contributed by atoms with van der Waals surface area (Å²) in [5, 5.41) is 3.50. The van der Waals surface area contributed by atoms with Crippen LogP contribution in [0.15, 0.2) is 24.3 Å². The summed E-state index contributed by atoms with van der Waals surface area (Å²) < 4.78 is 0. The first-order valence-corrected chi connectivity index (χ1v) is 5.35. The standard InChI is InChI=1S/C11H13ClN2O/c12-8-1-3-10(4-2-8)14-11(15)7-5-9(13)6-7/h1-4,7,9H,5-6,13H2,(H,14,15). The minimum Gasteiger partial charge on any atom is -0.328 e. The monoisotopic (exact) mass is 224 g/mol. The van der Waals surface area contributed by atoms with E-state index in [2.05, 4.69) is 5.32 Å². The van der Waals surface area contributed by atoms with E-state index < -0.39 is 0 Å². The first-order chi connectivity index (χ1) is 7.15. The molecule has 1 saturated carbocycles. The predicted octanol–water partition coefficient (Wildman–Crippen LogP) is 2.02. The lowest BCUT2D eigenvalue weighted by molar-refractivity contribution is -0.122. The summed E-state index contributed by atoms with van der Waals surface area (Å²) in [6, 6.07) is 7.29. The van der Waals surface area contributed by atoms with Gasteiger partial charge in [0, 0.05) is 22.7 Å². The molecule has 0 radical (unpaired) electrons. The van der Waals surface area contributed by atoms with Crippen LogP contribution >= 0.6 is 11.6 Å². The molecule has 1 aromatic rings. The molecule has 0 aliphatic heterocycles. The Bertz CT molecular complexity index is 357. The molecule has 1 fully saturated rings. The van der Waals surface area contributed by atoms with Crippen molar-refractivity contribution in [3.05, 3.63) is 29.3 Å². The topological polar surface area (TPSA) is 55.1 Å². The summed E-state index contributed by atoms with van der Waals surface area (Å²) in [5.41, 5.74) is 6.40. The predicted molar refractivity (Wildman–Crippen MR) is 60.8 cm³/mol. The third kappa shape index (κ3) is 2.49. The lowest BCUT2D eigenvalue weighted by atomic mass is 9.80. The largest absolute Gasteiger partial charge is 0.328 e. The molecular formula is C11H13ClN2O. The molecule has 2 rings (SSSR count). The molecule has 0 atom stereocenters. The Balaban J connectivity index is 1.91. The highest BCUT2D eigenvalue weighted by molar-refractivity contribution is 6.30. The molecule has 0 heterocycles. The molecule has 3 nitrogen and oxygen atoms in total. The van der Waals surface area contributed by atoms with E-state index in [0.717, 1.165) is 18.5 Å². The molecule has 0 unspecified atom stereocenters. The maximum atomic E-state index is 11.6. The van der Waals surface area contributed by atoms with Crippen LogP contribution < -0.4 is 11.1 Å². The molecule has 1 aliphatic rings. The van der Waals surface area contributed by atoms with Gasteiger partial charge in [-0.05, 0) is 37.1 Å². The summed E-state index contributed by atoms with van der Waals surface area (Å²) in [6.07, 6.45) is 1.58. The highest BCUT2D eigenvalue weighted by atomic mass is 35.5. The van der Waals surface area contributed by atoms with Crippen molar-refractivity contribution in [2.45, 2.75) is 18.9 Å². The average Bonchev–Trinajstić information content (AvgIpc) is 2.17. The third-order valence-electron chi connectivity index (χ3n) is 2.66. The Kier molecular flexibility index (Phi) is 2.93. The number of anilines is 1. The van der Waals surface area contributed by atoms with Crippen molar-refractivity contribution in [3.8, 4) is 0 Å². The zero-order valence-electron chi connectivity index (χ0n) is 8.24. The molecule has 0 aromatic heterocycles. The number of halogens is 1. The van der Waals surface area contributed by atoms with Crippen LogP contribution in [0.2, 0.25) is 5.02 Å². The van der Waals surface area contributed by atoms with Crippen molar-refractivity contribution in [3.63, 3.8) is 0 Å². The number of nitrogens with two attached hydrogens (primary N) is 1. The Morgan fingerprint density at radius 2 is 1.93 bits per heavy atom. The van der Waals surface area contributed by atoms with E-state index >= 15 is 0 Å². The first-order valence-electron chi connectivity index (χ1n) is 4.97. The highest BCUT2D eigenvalue weighted by Crippen LogP contribution is 2.27. The summed E-state index contributed by atoms with van der Waals surface area (Å²) in [7, 11) is 0. The van der Waals surface area contributed by atoms with Crippen LogP contribution in [0.5, 0.6) is 0 Å². The van der Waals surface area contributed by atoms with Gasteiger partial charge in [0.15, 0.2) is 0 Å². The Morgan fingerprint density at radius 3 is 2.47 bits per heavy atom. The van der Waals surface area contributed by atoms with Crippen LogP contribution in [-0.2, 0) is 4.79 Å². The number of amides is 1. The molecule has 15 heavy (non-hydrogen) atoms. The third-order valence-corrected chi connectivity index (χ3v) is 2.91. The van der Waals surface area contributed by atoms with Gasteiger partial charge in [-0.3, -0.25) is 4.79 Å². The molecule has 0 saturated heterocycles. The lowest BCUT2D eigenvalue weighted by Crippen LogP contribution is -2.42. The summed E-state index contributed by atoms with van der Waals surface area (Å²) in [6.45, 7) is 0. The van der Waals surface area contributed by atoms with E-state index in [0.29, 0.717) is 5.02 Å². The van der Waals surface area contributed by atoms with Crippen molar-refractivity contribution in [1.82, 2.24) is 0 Å². The van der Waals surface area contributed by atoms with E-state index in [1.807, 2.05) is 0 Å². The van der Waals surface area contributed by atoms with Crippen molar-refractivity contribution in [2.24, 2.45) is 11.7 Å². The van der Waals surface area contributed by atoms with Gasteiger partial charge in [-0.25, -0.2) is 0 Å². The lowest BCUT2D eigenvalue weighted by Gasteiger charge is -2.31. The summed E-state index contributed by atoms with van der Waals surface area (Å²) in [5.74, 6) is 0.134. The SMILES string of the molecule is NC1CC(C(=O)Nc2ccc(Cl)cc2)C1. The summed E-state index contributed by atoms with van der Waals surface area (Å²) in [4.78, 5) is 11.6. The number of hydrogen-bond acceptors (Lipinski definition) is 2. The van der Waals surface area contributed by atoms with Gasteiger partial charge in [0.1, 0.15) is 0 Å². The molecule has 1 aromatic carbocycles.